The van der Waals surface area contributed by atoms with Crippen LogP contribution in [-0.2, 0) is 4.79 Å². The highest BCUT2D eigenvalue weighted by molar-refractivity contribution is 6.30. The molecule has 0 aromatic heterocycles. The SMILES string of the molecule is CC(=O)c1cccc(OC(C)C(=O)N2CCNCC2c2cccc(Cl)c2)c1. The molecule has 0 saturated carbocycles. The van der Waals surface area contributed by atoms with Crippen molar-refractivity contribution in [1.29, 1.82) is 0 Å². The van der Waals surface area contributed by atoms with Crippen LogP contribution in [-0.4, -0.2) is 42.3 Å². The minimum absolute atomic E-state index is 0.0393. The van der Waals surface area contributed by atoms with Crippen molar-refractivity contribution >= 4 is 23.3 Å². The average Bonchev–Trinajstić information content (AvgIpc) is 2.67. The van der Waals surface area contributed by atoms with Gasteiger partial charge in [0.2, 0.25) is 0 Å². The number of Topliss-reactive ketones (excluding diaryl/α,β-unsaturated/α-hetero) is 1. The molecular weight excluding hydrogens is 364 g/mol. The molecular formula is C21H23ClN2O3. The highest BCUT2D eigenvalue weighted by Crippen LogP contribution is 2.26. The summed E-state index contributed by atoms with van der Waals surface area (Å²) in [4.78, 5) is 26.4. The van der Waals surface area contributed by atoms with Crippen LogP contribution in [0.15, 0.2) is 48.5 Å². The van der Waals surface area contributed by atoms with Crippen molar-refractivity contribution in [2.45, 2.75) is 26.0 Å². The van der Waals surface area contributed by atoms with E-state index in [1.54, 1.807) is 31.2 Å². The van der Waals surface area contributed by atoms with E-state index in [-0.39, 0.29) is 17.7 Å². The second-order valence-corrected chi connectivity index (χ2v) is 7.09. The van der Waals surface area contributed by atoms with Crippen LogP contribution >= 0.6 is 11.6 Å². The summed E-state index contributed by atoms with van der Waals surface area (Å²) in [7, 11) is 0. The minimum atomic E-state index is -0.660. The molecule has 0 spiro atoms. The molecule has 1 heterocycles. The fourth-order valence-corrected chi connectivity index (χ4v) is 3.45. The molecule has 2 unspecified atom stereocenters. The summed E-state index contributed by atoms with van der Waals surface area (Å²) < 4.78 is 5.84. The standard InChI is InChI=1S/C21H23ClN2O3/c1-14(25)16-5-4-8-19(12-16)27-15(2)21(26)24-10-9-23-13-20(24)17-6-3-7-18(22)11-17/h3-8,11-12,15,20,23H,9-10,13H2,1-2H3. The maximum atomic E-state index is 13.1. The predicted octanol–water partition coefficient (Wildman–Crippen LogP) is 3.48. The number of hydrogen-bond donors (Lipinski definition) is 1. The number of ether oxygens (including phenoxy) is 1. The van der Waals surface area contributed by atoms with E-state index in [2.05, 4.69) is 5.32 Å². The van der Waals surface area contributed by atoms with E-state index in [1.807, 2.05) is 29.2 Å². The number of hydrogen-bond acceptors (Lipinski definition) is 4. The molecule has 27 heavy (non-hydrogen) atoms. The lowest BCUT2D eigenvalue weighted by Crippen LogP contribution is -2.52. The second-order valence-electron chi connectivity index (χ2n) is 6.65. The number of benzene rings is 2. The van der Waals surface area contributed by atoms with Gasteiger partial charge in [-0.2, -0.15) is 0 Å². The van der Waals surface area contributed by atoms with Crippen molar-refractivity contribution < 1.29 is 14.3 Å². The van der Waals surface area contributed by atoms with Crippen LogP contribution in [0.3, 0.4) is 0 Å². The summed E-state index contributed by atoms with van der Waals surface area (Å²) in [5.74, 6) is 0.384. The summed E-state index contributed by atoms with van der Waals surface area (Å²) in [6.07, 6.45) is -0.660. The molecule has 1 aliphatic rings. The topological polar surface area (TPSA) is 58.6 Å². The van der Waals surface area contributed by atoms with E-state index < -0.39 is 6.10 Å². The van der Waals surface area contributed by atoms with E-state index in [4.69, 9.17) is 16.3 Å². The molecule has 2 atom stereocenters. The van der Waals surface area contributed by atoms with Gasteiger partial charge in [0.05, 0.1) is 6.04 Å². The number of piperazine rings is 1. The number of nitrogens with one attached hydrogen (secondary N) is 1. The molecule has 6 heteroatoms. The summed E-state index contributed by atoms with van der Waals surface area (Å²) in [5, 5.41) is 3.98. The first-order chi connectivity index (χ1) is 13.0. The number of ketones is 1. The third-order valence-corrected chi connectivity index (χ3v) is 4.90. The fourth-order valence-electron chi connectivity index (χ4n) is 3.26. The number of rotatable bonds is 5. The Morgan fingerprint density at radius 1 is 1.22 bits per heavy atom. The monoisotopic (exact) mass is 386 g/mol. The quantitative estimate of drug-likeness (QED) is 0.799. The molecule has 5 nitrogen and oxygen atoms in total. The zero-order valence-corrected chi connectivity index (χ0v) is 16.2. The van der Waals surface area contributed by atoms with E-state index in [0.29, 0.717) is 29.4 Å². The number of halogens is 1. The molecule has 1 N–H and O–H groups in total. The zero-order chi connectivity index (χ0) is 19.4. The maximum absolute atomic E-state index is 13.1. The van der Waals surface area contributed by atoms with Gasteiger partial charge in [0.1, 0.15) is 5.75 Å². The highest BCUT2D eigenvalue weighted by atomic mass is 35.5. The average molecular weight is 387 g/mol. The van der Waals surface area contributed by atoms with Crippen molar-refractivity contribution in [3.8, 4) is 5.75 Å². The predicted molar refractivity (Wildman–Crippen MR) is 105 cm³/mol. The Balaban J connectivity index is 1.76. The zero-order valence-electron chi connectivity index (χ0n) is 15.4. The van der Waals surface area contributed by atoms with Crippen molar-refractivity contribution in [3.05, 3.63) is 64.7 Å². The minimum Gasteiger partial charge on any atom is -0.481 e. The largest absolute Gasteiger partial charge is 0.481 e. The first-order valence-electron chi connectivity index (χ1n) is 9.00. The van der Waals surface area contributed by atoms with Gasteiger partial charge in [0, 0.05) is 30.2 Å². The fraction of sp³-hybridized carbons (Fsp3) is 0.333. The van der Waals surface area contributed by atoms with Crippen LogP contribution in [0.25, 0.3) is 0 Å². The van der Waals surface area contributed by atoms with Crippen molar-refractivity contribution in [2.75, 3.05) is 19.6 Å². The molecule has 1 amide bonds. The Kier molecular flexibility index (Phi) is 6.14. The van der Waals surface area contributed by atoms with Gasteiger partial charge in [-0.1, -0.05) is 35.9 Å². The van der Waals surface area contributed by atoms with Crippen molar-refractivity contribution in [3.63, 3.8) is 0 Å². The number of carbonyl (C=O) groups excluding carboxylic acids is 2. The summed E-state index contributed by atoms with van der Waals surface area (Å²) >= 11 is 6.13. The van der Waals surface area contributed by atoms with Gasteiger partial charge >= 0.3 is 0 Å². The number of carbonyl (C=O) groups is 2. The lowest BCUT2D eigenvalue weighted by atomic mass is 10.0. The van der Waals surface area contributed by atoms with E-state index in [0.717, 1.165) is 12.1 Å². The van der Waals surface area contributed by atoms with Gasteiger partial charge in [-0.05, 0) is 43.7 Å². The van der Waals surface area contributed by atoms with Crippen LogP contribution in [0.5, 0.6) is 5.75 Å². The molecule has 0 aliphatic carbocycles. The van der Waals surface area contributed by atoms with E-state index in [9.17, 15) is 9.59 Å². The Hall–Kier alpha value is -2.37. The van der Waals surface area contributed by atoms with Crippen molar-refractivity contribution in [1.82, 2.24) is 10.2 Å². The van der Waals surface area contributed by atoms with Crippen molar-refractivity contribution in [2.24, 2.45) is 0 Å². The number of amides is 1. The Bertz CT molecular complexity index is 840. The Morgan fingerprint density at radius 3 is 2.74 bits per heavy atom. The molecule has 142 valence electrons. The van der Waals surface area contributed by atoms with Crippen LogP contribution in [0.1, 0.15) is 35.8 Å². The van der Waals surface area contributed by atoms with Gasteiger partial charge in [-0.3, -0.25) is 9.59 Å². The van der Waals surface area contributed by atoms with Crippen LogP contribution in [0.4, 0.5) is 0 Å². The van der Waals surface area contributed by atoms with E-state index in [1.165, 1.54) is 6.92 Å². The van der Waals surface area contributed by atoms with E-state index >= 15 is 0 Å². The normalized spacial score (nSPS) is 18.0. The molecule has 0 radical (unpaired) electrons. The first-order valence-corrected chi connectivity index (χ1v) is 9.38. The summed E-state index contributed by atoms with van der Waals surface area (Å²) in [5.41, 5.74) is 1.56. The van der Waals surface area contributed by atoms with Crippen LogP contribution in [0.2, 0.25) is 5.02 Å². The van der Waals surface area contributed by atoms with Gasteiger partial charge in [-0.15, -0.1) is 0 Å². The lowest BCUT2D eigenvalue weighted by Gasteiger charge is -2.38. The van der Waals surface area contributed by atoms with Gasteiger partial charge in [0.15, 0.2) is 11.9 Å². The smallest absolute Gasteiger partial charge is 0.263 e. The molecule has 2 aromatic rings. The van der Waals surface area contributed by atoms with Crippen LogP contribution in [0, 0.1) is 0 Å². The molecule has 0 bridgehead atoms. The molecule has 1 fully saturated rings. The summed E-state index contributed by atoms with van der Waals surface area (Å²) in [6, 6.07) is 14.4. The second kappa shape index (κ2) is 8.55. The van der Waals surface area contributed by atoms with Gasteiger partial charge < -0.3 is 15.0 Å². The van der Waals surface area contributed by atoms with Crippen LogP contribution < -0.4 is 10.1 Å². The maximum Gasteiger partial charge on any atom is 0.263 e. The first kappa shape index (κ1) is 19.4. The summed E-state index contributed by atoms with van der Waals surface area (Å²) in [6.45, 7) is 5.23. The lowest BCUT2D eigenvalue weighted by molar-refractivity contribution is -0.141. The highest BCUT2D eigenvalue weighted by Gasteiger charge is 2.31. The molecule has 2 aromatic carbocycles. The van der Waals surface area contributed by atoms with Gasteiger partial charge in [-0.25, -0.2) is 0 Å². The Labute approximate surface area is 164 Å². The molecule has 1 aliphatic heterocycles. The third-order valence-electron chi connectivity index (χ3n) is 4.66. The Morgan fingerprint density at radius 2 is 2.00 bits per heavy atom. The molecule has 3 rings (SSSR count). The third kappa shape index (κ3) is 4.67. The number of nitrogens with zero attached hydrogens (tertiary/aromatic N) is 1. The van der Waals surface area contributed by atoms with Gasteiger partial charge in [0.25, 0.3) is 5.91 Å². The molecule has 1 saturated heterocycles.